The van der Waals surface area contributed by atoms with Gasteiger partial charge in [0.25, 0.3) is 5.91 Å². The number of hydrogen-bond donors (Lipinski definition) is 0. The molecule has 1 aliphatic heterocycles. The lowest BCUT2D eigenvalue weighted by Crippen LogP contribution is -2.28. The molecule has 1 amide bonds. The number of thiocarbonyl (C=S) groups is 1. The van der Waals surface area contributed by atoms with Gasteiger partial charge in [-0.05, 0) is 28.8 Å². The normalized spacial score (nSPS) is 17.2. The first-order valence-corrected chi connectivity index (χ1v) is 8.16. The Hall–Kier alpha value is -1.65. The standard InChI is InChI=1S/C17H15NOS2/c1-2-10-18-16(19)15(21-17(18)20)11-13-8-5-7-12-6-3-4-9-14(12)13/h3-9,11H,2,10H2,1H3/b15-11+. The minimum atomic E-state index is 0.0276. The van der Waals surface area contributed by atoms with Crippen LogP contribution in [0.25, 0.3) is 16.8 Å². The van der Waals surface area contributed by atoms with Crippen LogP contribution >= 0.6 is 24.0 Å². The molecule has 0 atom stereocenters. The van der Waals surface area contributed by atoms with Crippen LogP contribution < -0.4 is 0 Å². The summed E-state index contributed by atoms with van der Waals surface area (Å²) in [6.45, 7) is 2.74. The molecule has 0 N–H and O–H groups in total. The summed E-state index contributed by atoms with van der Waals surface area (Å²) in [6.07, 6.45) is 2.87. The van der Waals surface area contributed by atoms with Gasteiger partial charge in [-0.1, -0.05) is 73.4 Å². The van der Waals surface area contributed by atoms with Crippen LogP contribution in [0.1, 0.15) is 18.9 Å². The minimum Gasteiger partial charge on any atom is -0.293 e. The Bertz CT molecular complexity index is 746. The zero-order valence-corrected chi connectivity index (χ0v) is 13.3. The van der Waals surface area contributed by atoms with Crippen molar-refractivity contribution in [3.05, 3.63) is 52.9 Å². The summed E-state index contributed by atoms with van der Waals surface area (Å²) in [5.41, 5.74) is 1.06. The Balaban J connectivity index is 2.01. The first kappa shape index (κ1) is 14.3. The highest BCUT2D eigenvalue weighted by molar-refractivity contribution is 8.26. The second kappa shape index (κ2) is 6.00. The number of rotatable bonds is 3. The quantitative estimate of drug-likeness (QED) is 0.617. The molecule has 0 aliphatic carbocycles. The molecular formula is C17H15NOS2. The number of fused-ring (bicyclic) bond motifs is 1. The van der Waals surface area contributed by atoms with Crippen LogP contribution in [0.15, 0.2) is 47.4 Å². The summed E-state index contributed by atoms with van der Waals surface area (Å²) in [5.74, 6) is 0.0276. The number of carbonyl (C=O) groups is 1. The van der Waals surface area contributed by atoms with Gasteiger partial charge >= 0.3 is 0 Å². The fraction of sp³-hybridized carbons (Fsp3) is 0.176. The van der Waals surface area contributed by atoms with Crippen LogP contribution in [0.5, 0.6) is 0 Å². The molecule has 2 aromatic rings. The molecule has 106 valence electrons. The first-order chi connectivity index (χ1) is 10.2. The number of carbonyl (C=O) groups excluding carboxylic acids is 1. The van der Waals surface area contributed by atoms with Crippen LogP contribution in [0, 0.1) is 0 Å². The van der Waals surface area contributed by atoms with E-state index in [4.69, 9.17) is 12.2 Å². The number of benzene rings is 2. The average Bonchev–Trinajstić information content (AvgIpc) is 2.76. The van der Waals surface area contributed by atoms with Crippen molar-refractivity contribution >= 4 is 51.1 Å². The summed E-state index contributed by atoms with van der Waals surface area (Å²) in [4.78, 5) is 14.8. The van der Waals surface area contributed by atoms with E-state index in [1.165, 1.54) is 17.1 Å². The predicted octanol–water partition coefficient (Wildman–Crippen LogP) is 4.45. The van der Waals surface area contributed by atoms with Gasteiger partial charge in [0.1, 0.15) is 4.32 Å². The van der Waals surface area contributed by atoms with E-state index in [-0.39, 0.29) is 5.91 Å². The van der Waals surface area contributed by atoms with E-state index in [9.17, 15) is 4.79 Å². The smallest absolute Gasteiger partial charge is 0.266 e. The van der Waals surface area contributed by atoms with Crippen molar-refractivity contribution < 1.29 is 4.79 Å². The molecule has 1 aliphatic rings. The van der Waals surface area contributed by atoms with E-state index in [1.54, 1.807) is 4.90 Å². The lowest BCUT2D eigenvalue weighted by molar-refractivity contribution is -0.122. The SMILES string of the molecule is CCCN1C(=O)/C(=C\c2cccc3ccccc23)SC1=S. The van der Waals surface area contributed by atoms with Crippen LogP contribution in [0.3, 0.4) is 0 Å². The average molecular weight is 313 g/mol. The number of thioether (sulfide) groups is 1. The number of amides is 1. The first-order valence-electron chi connectivity index (χ1n) is 6.94. The molecule has 0 unspecified atom stereocenters. The van der Waals surface area contributed by atoms with Gasteiger partial charge in [-0.2, -0.15) is 0 Å². The molecule has 0 saturated carbocycles. The number of hydrogen-bond acceptors (Lipinski definition) is 3. The lowest BCUT2D eigenvalue weighted by atomic mass is 10.0. The van der Waals surface area contributed by atoms with Crippen molar-refractivity contribution in [2.45, 2.75) is 13.3 Å². The van der Waals surface area contributed by atoms with Gasteiger partial charge in [-0.25, -0.2) is 0 Å². The highest BCUT2D eigenvalue weighted by atomic mass is 32.2. The van der Waals surface area contributed by atoms with Gasteiger partial charge in [0.15, 0.2) is 0 Å². The van der Waals surface area contributed by atoms with Crippen molar-refractivity contribution in [1.82, 2.24) is 4.90 Å². The Labute approximate surface area is 133 Å². The summed E-state index contributed by atoms with van der Waals surface area (Å²) >= 11 is 6.69. The molecule has 1 heterocycles. The maximum atomic E-state index is 12.4. The molecule has 4 heteroatoms. The van der Waals surface area contributed by atoms with E-state index in [2.05, 4.69) is 18.2 Å². The van der Waals surface area contributed by atoms with E-state index in [0.717, 1.165) is 17.4 Å². The van der Waals surface area contributed by atoms with Crippen molar-refractivity contribution in [1.29, 1.82) is 0 Å². The molecule has 3 rings (SSSR count). The molecule has 2 aromatic carbocycles. The third-order valence-electron chi connectivity index (χ3n) is 3.43. The summed E-state index contributed by atoms with van der Waals surface area (Å²) < 4.78 is 0.660. The zero-order chi connectivity index (χ0) is 14.8. The van der Waals surface area contributed by atoms with Gasteiger partial charge in [0, 0.05) is 6.54 Å². The third kappa shape index (κ3) is 2.74. The fourth-order valence-corrected chi connectivity index (χ4v) is 3.73. The minimum absolute atomic E-state index is 0.0276. The second-order valence-electron chi connectivity index (χ2n) is 4.90. The van der Waals surface area contributed by atoms with E-state index >= 15 is 0 Å². The fourth-order valence-electron chi connectivity index (χ4n) is 2.43. The van der Waals surface area contributed by atoms with Crippen LogP contribution in [-0.4, -0.2) is 21.7 Å². The van der Waals surface area contributed by atoms with Gasteiger partial charge < -0.3 is 0 Å². The van der Waals surface area contributed by atoms with Gasteiger partial charge in [-0.3, -0.25) is 9.69 Å². The Morgan fingerprint density at radius 2 is 1.95 bits per heavy atom. The topological polar surface area (TPSA) is 20.3 Å². The van der Waals surface area contributed by atoms with Gasteiger partial charge in [-0.15, -0.1) is 0 Å². The second-order valence-corrected chi connectivity index (χ2v) is 6.58. The lowest BCUT2D eigenvalue weighted by Gasteiger charge is -2.12. The van der Waals surface area contributed by atoms with Crippen LogP contribution in [-0.2, 0) is 4.79 Å². The third-order valence-corrected chi connectivity index (χ3v) is 4.81. The van der Waals surface area contributed by atoms with Gasteiger partial charge in [0.05, 0.1) is 4.91 Å². The van der Waals surface area contributed by atoms with E-state index in [0.29, 0.717) is 15.8 Å². The molecule has 0 bridgehead atoms. The Morgan fingerprint density at radius 1 is 1.19 bits per heavy atom. The van der Waals surface area contributed by atoms with E-state index in [1.807, 2.05) is 37.3 Å². The molecule has 21 heavy (non-hydrogen) atoms. The molecule has 2 nitrogen and oxygen atoms in total. The van der Waals surface area contributed by atoms with Crippen LogP contribution in [0.2, 0.25) is 0 Å². The van der Waals surface area contributed by atoms with Crippen molar-refractivity contribution in [2.75, 3.05) is 6.54 Å². The van der Waals surface area contributed by atoms with Crippen molar-refractivity contribution in [3.63, 3.8) is 0 Å². The van der Waals surface area contributed by atoms with E-state index < -0.39 is 0 Å². The summed E-state index contributed by atoms with van der Waals surface area (Å²) in [6, 6.07) is 14.3. The Morgan fingerprint density at radius 3 is 2.76 bits per heavy atom. The maximum absolute atomic E-state index is 12.4. The summed E-state index contributed by atoms with van der Waals surface area (Å²) in [5, 5.41) is 2.33. The van der Waals surface area contributed by atoms with Gasteiger partial charge in [0.2, 0.25) is 0 Å². The molecule has 0 spiro atoms. The monoisotopic (exact) mass is 313 g/mol. The number of nitrogens with zero attached hydrogens (tertiary/aromatic N) is 1. The highest BCUT2D eigenvalue weighted by Crippen LogP contribution is 2.33. The summed E-state index contributed by atoms with van der Waals surface area (Å²) in [7, 11) is 0. The molecule has 0 radical (unpaired) electrons. The van der Waals surface area contributed by atoms with Crippen molar-refractivity contribution in [3.8, 4) is 0 Å². The van der Waals surface area contributed by atoms with Crippen LogP contribution in [0.4, 0.5) is 0 Å². The predicted molar refractivity (Wildman–Crippen MR) is 94.1 cm³/mol. The molecule has 1 saturated heterocycles. The molecule has 0 aromatic heterocycles. The largest absolute Gasteiger partial charge is 0.293 e. The Kier molecular flexibility index (Phi) is 4.08. The zero-order valence-electron chi connectivity index (χ0n) is 11.7. The molecular weight excluding hydrogens is 298 g/mol. The highest BCUT2D eigenvalue weighted by Gasteiger charge is 2.31. The molecule has 1 fully saturated rings. The maximum Gasteiger partial charge on any atom is 0.266 e. The van der Waals surface area contributed by atoms with Crippen molar-refractivity contribution in [2.24, 2.45) is 0 Å².